The maximum absolute atomic E-state index is 10.8. The Morgan fingerprint density at radius 2 is 1.42 bits per heavy atom. The molecule has 1 fully saturated rings. The van der Waals surface area contributed by atoms with Crippen molar-refractivity contribution in [1.82, 2.24) is 0 Å². The highest BCUT2D eigenvalue weighted by molar-refractivity contribution is 5.52. The Labute approximate surface area is 157 Å². The van der Waals surface area contributed by atoms with E-state index in [1.165, 1.54) is 19.3 Å². The van der Waals surface area contributed by atoms with Crippen LogP contribution in [0, 0.1) is 11.8 Å². The monoisotopic (exact) mass is 352 g/mol. The second kappa shape index (κ2) is 8.16. The first kappa shape index (κ1) is 18.8. The van der Waals surface area contributed by atoms with Gasteiger partial charge in [0.05, 0.1) is 0 Å². The molecule has 1 unspecified atom stereocenters. The number of phenolic OH excluding ortho intramolecular Hbond substituents is 2. The van der Waals surface area contributed by atoms with Crippen LogP contribution in [0.1, 0.15) is 69.9 Å². The van der Waals surface area contributed by atoms with Gasteiger partial charge in [-0.15, -0.1) is 0 Å². The molecule has 2 aromatic carbocycles. The van der Waals surface area contributed by atoms with E-state index in [9.17, 15) is 10.2 Å². The lowest BCUT2D eigenvalue weighted by Gasteiger charge is -2.47. The summed E-state index contributed by atoms with van der Waals surface area (Å²) in [6.45, 7) is 4.55. The van der Waals surface area contributed by atoms with Crippen LogP contribution in [0.15, 0.2) is 48.5 Å². The van der Waals surface area contributed by atoms with Crippen LogP contribution in [0.4, 0.5) is 0 Å². The van der Waals surface area contributed by atoms with Crippen molar-refractivity contribution in [2.24, 2.45) is 11.8 Å². The molecule has 1 aliphatic rings. The van der Waals surface area contributed by atoms with Gasteiger partial charge in [-0.2, -0.15) is 0 Å². The molecular formula is C24H32O2. The van der Waals surface area contributed by atoms with Crippen molar-refractivity contribution in [2.45, 2.75) is 64.2 Å². The van der Waals surface area contributed by atoms with Crippen LogP contribution in [0.25, 0.3) is 0 Å². The summed E-state index contributed by atoms with van der Waals surface area (Å²) in [5, 5.41) is 21.5. The summed E-state index contributed by atoms with van der Waals surface area (Å²) in [7, 11) is 0. The minimum atomic E-state index is -0.308. The zero-order valence-corrected chi connectivity index (χ0v) is 16.1. The quantitative estimate of drug-likeness (QED) is 0.631. The number of para-hydroxylation sites is 2. The van der Waals surface area contributed by atoms with Gasteiger partial charge in [0.15, 0.2) is 0 Å². The maximum Gasteiger partial charge on any atom is 0.119 e. The number of aromatic hydroxyl groups is 2. The highest BCUT2D eigenvalue weighted by Crippen LogP contribution is 2.55. The van der Waals surface area contributed by atoms with Gasteiger partial charge in [0, 0.05) is 16.5 Å². The summed E-state index contributed by atoms with van der Waals surface area (Å²) in [4.78, 5) is 0. The van der Waals surface area contributed by atoms with Crippen LogP contribution in [0.2, 0.25) is 0 Å². The fourth-order valence-corrected chi connectivity index (χ4v) is 5.14. The van der Waals surface area contributed by atoms with Gasteiger partial charge >= 0.3 is 0 Å². The number of phenols is 2. The molecule has 0 heterocycles. The SMILES string of the molecule is CCC(CC)CC1CCCCC1(c1ccccc1O)c1ccccc1O. The van der Waals surface area contributed by atoms with Crippen molar-refractivity contribution in [3.63, 3.8) is 0 Å². The Kier molecular flexibility index (Phi) is 5.90. The van der Waals surface area contributed by atoms with E-state index in [0.717, 1.165) is 36.8 Å². The molecule has 2 nitrogen and oxygen atoms in total. The molecule has 0 radical (unpaired) electrons. The average molecular weight is 353 g/mol. The summed E-state index contributed by atoms with van der Waals surface area (Å²) >= 11 is 0. The van der Waals surface area contributed by atoms with Crippen molar-refractivity contribution in [1.29, 1.82) is 0 Å². The molecule has 0 aliphatic heterocycles. The van der Waals surface area contributed by atoms with Gasteiger partial charge in [-0.3, -0.25) is 0 Å². The van der Waals surface area contributed by atoms with Gasteiger partial charge < -0.3 is 10.2 Å². The molecule has 2 heteroatoms. The topological polar surface area (TPSA) is 40.5 Å². The molecule has 0 saturated heterocycles. The smallest absolute Gasteiger partial charge is 0.119 e. The standard InChI is InChI=1S/C24H32O2/c1-3-18(4-2)17-19-11-9-10-16-24(19,20-12-5-7-14-22(20)25)21-13-6-8-15-23(21)26/h5-8,12-15,18-19,25-26H,3-4,9-11,16-17H2,1-2H3. The van der Waals surface area contributed by atoms with Crippen LogP contribution < -0.4 is 0 Å². The van der Waals surface area contributed by atoms with E-state index in [1.807, 2.05) is 24.3 Å². The van der Waals surface area contributed by atoms with Crippen molar-refractivity contribution in [2.75, 3.05) is 0 Å². The molecule has 1 atom stereocenters. The molecule has 1 saturated carbocycles. The predicted octanol–water partition coefficient (Wildman–Crippen LogP) is 6.40. The van der Waals surface area contributed by atoms with Crippen LogP contribution >= 0.6 is 0 Å². The molecule has 0 aromatic heterocycles. The second-order valence-corrected chi connectivity index (χ2v) is 7.87. The Morgan fingerprint density at radius 3 is 1.92 bits per heavy atom. The first-order valence-electron chi connectivity index (χ1n) is 10.2. The third-order valence-electron chi connectivity index (χ3n) is 6.61. The molecule has 2 aromatic rings. The van der Waals surface area contributed by atoms with Crippen molar-refractivity contribution < 1.29 is 10.2 Å². The van der Waals surface area contributed by atoms with Gasteiger partial charge in [0.2, 0.25) is 0 Å². The van der Waals surface area contributed by atoms with E-state index in [0.29, 0.717) is 23.3 Å². The molecule has 0 amide bonds. The van der Waals surface area contributed by atoms with E-state index in [4.69, 9.17) is 0 Å². The van der Waals surface area contributed by atoms with Crippen LogP contribution in [-0.4, -0.2) is 10.2 Å². The number of hydrogen-bond acceptors (Lipinski definition) is 2. The fraction of sp³-hybridized carbons (Fsp3) is 0.500. The van der Waals surface area contributed by atoms with Gasteiger partial charge in [-0.05, 0) is 43.2 Å². The third kappa shape index (κ3) is 3.34. The normalized spacial score (nSPS) is 19.6. The summed E-state index contributed by atoms with van der Waals surface area (Å²) in [6.07, 6.45) is 8.01. The van der Waals surface area contributed by atoms with E-state index in [1.54, 1.807) is 12.1 Å². The zero-order valence-electron chi connectivity index (χ0n) is 16.1. The van der Waals surface area contributed by atoms with Gasteiger partial charge in [0.1, 0.15) is 11.5 Å². The van der Waals surface area contributed by atoms with Gasteiger partial charge in [-0.25, -0.2) is 0 Å². The van der Waals surface area contributed by atoms with E-state index >= 15 is 0 Å². The minimum absolute atomic E-state index is 0.308. The lowest BCUT2D eigenvalue weighted by atomic mass is 9.56. The Bertz CT molecular complexity index is 672. The molecule has 2 N–H and O–H groups in total. The maximum atomic E-state index is 10.8. The number of hydrogen-bond donors (Lipinski definition) is 2. The summed E-state index contributed by atoms with van der Waals surface area (Å²) < 4.78 is 0. The lowest BCUT2D eigenvalue weighted by molar-refractivity contribution is 0.175. The van der Waals surface area contributed by atoms with Crippen molar-refractivity contribution >= 4 is 0 Å². The van der Waals surface area contributed by atoms with Crippen molar-refractivity contribution in [3.8, 4) is 11.5 Å². The van der Waals surface area contributed by atoms with E-state index in [2.05, 4.69) is 26.0 Å². The Hall–Kier alpha value is -1.96. The van der Waals surface area contributed by atoms with Crippen LogP contribution in [-0.2, 0) is 5.41 Å². The number of benzene rings is 2. The molecule has 26 heavy (non-hydrogen) atoms. The molecule has 0 spiro atoms. The first-order valence-corrected chi connectivity index (χ1v) is 10.2. The summed E-state index contributed by atoms with van der Waals surface area (Å²) in [5.41, 5.74) is 1.66. The van der Waals surface area contributed by atoms with E-state index < -0.39 is 0 Å². The van der Waals surface area contributed by atoms with Gasteiger partial charge in [0.25, 0.3) is 0 Å². The largest absolute Gasteiger partial charge is 0.508 e. The van der Waals surface area contributed by atoms with E-state index in [-0.39, 0.29) is 5.41 Å². The highest BCUT2D eigenvalue weighted by Gasteiger charge is 2.46. The summed E-state index contributed by atoms with van der Waals surface area (Å²) in [6, 6.07) is 15.5. The molecule has 3 rings (SSSR count). The van der Waals surface area contributed by atoms with Gasteiger partial charge in [-0.1, -0.05) is 75.9 Å². The molecular weight excluding hydrogens is 320 g/mol. The minimum Gasteiger partial charge on any atom is -0.508 e. The van der Waals surface area contributed by atoms with Crippen LogP contribution in [0.3, 0.4) is 0 Å². The summed E-state index contributed by atoms with van der Waals surface area (Å²) in [5.74, 6) is 1.83. The van der Waals surface area contributed by atoms with Crippen molar-refractivity contribution in [3.05, 3.63) is 59.7 Å². The number of rotatable bonds is 6. The Morgan fingerprint density at radius 1 is 0.885 bits per heavy atom. The first-order chi connectivity index (χ1) is 12.6. The third-order valence-corrected chi connectivity index (χ3v) is 6.61. The molecule has 1 aliphatic carbocycles. The average Bonchev–Trinajstić information content (AvgIpc) is 2.67. The zero-order chi connectivity index (χ0) is 18.6. The lowest BCUT2D eigenvalue weighted by Crippen LogP contribution is -2.40. The predicted molar refractivity (Wildman–Crippen MR) is 108 cm³/mol. The fourth-order valence-electron chi connectivity index (χ4n) is 5.14. The second-order valence-electron chi connectivity index (χ2n) is 7.87. The highest BCUT2D eigenvalue weighted by atomic mass is 16.3. The Balaban J connectivity index is 2.19. The molecule has 0 bridgehead atoms. The molecule has 140 valence electrons. The van der Waals surface area contributed by atoms with Crippen LogP contribution in [0.5, 0.6) is 11.5 Å².